The van der Waals surface area contributed by atoms with E-state index < -0.39 is 46.9 Å². The molecule has 0 aliphatic carbocycles. The van der Waals surface area contributed by atoms with Gasteiger partial charge in [0.2, 0.25) is 0 Å². The lowest BCUT2D eigenvalue weighted by Crippen LogP contribution is -2.44. The van der Waals surface area contributed by atoms with Crippen LogP contribution in [0.3, 0.4) is 0 Å². The van der Waals surface area contributed by atoms with Crippen molar-refractivity contribution < 1.29 is 35.7 Å². The number of benzene rings is 1. The van der Waals surface area contributed by atoms with E-state index in [-0.39, 0.29) is 0 Å². The first-order valence-corrected chi connectivity index (χ1v) is 5.97. The van der Waals surface area contributed by atoms with Gasteiger partial charge in [-0.3, -0.25) is 0 Å². The van der Waals surface area contributed by atoms with Crippen molar-refractivity contribution in [2.75, 3.05) is 26.2 Å². The van der Waals surface area contributed by atoms with E-state index >= 15 is 0 Å². The first-order valence-electron chi connectivity index (χ1n) is 5.97. The van der Waals surface area contributed by atoms with Crippen molar-refractivity contribution in [3.8, 4) is 0 Å². The van der Waals surface area contributed by atoms with Gasteiger partial charge >= 0.3 is 12.6 Å². The van der Waals surface area contributed by atoms with Crippen LogP contribution in [0.4, 0.5) is 26.3 Å². The summed E-state index contributed by atoms with van der Waals surface area (Å²) in [4.78, 5) is 0.466. The second kappa shape index (κ2) is 5.93. The Labute approximate surface area is 125 Å². The monoisotopic (exact) mass is 342 g/mol. The minimum absolute atomic E-state index is 0.466. The van der Waals surface area contributed by atoms with Crippen molar-refractivity contribution in [2.24, 2.45) is 0 Å². The summed E-state index contributed by atoms with van der Waals surface area (Å²) in [5, 5.41) is 7.24. The average Bonchev–Trinajstić information content (AvgIpc) is 2.92. The van der Waals surface area contributed by atoms with Crippen LogP contribution >= 0.6 is 0 Å². The van der Waals surface area contributed by atoms with Crippen LogP contribution in [-0.2, 0) is 4.74 Å². The Hall–Kier alpha value is -2.53. The van der Waals surface area contributed by atoms with Gasteiger partial charge in [0.15, 0.2) is 34.3 Å². The fourth-order valence-corrected chi connectivity index (χ4v) is 1.86. The molecule has 12 heteroatoms. The molecule has 2 rings (SSSR count). The van der Waals surface area contributed by atoms with Crippen LogP contribution in [0.25, 0.3) is 11.0 Å². The van der Waals surface area contributed by atoms with Gasteiger partial charge < -0.3 is 4.74 Å². The van der Waals surface area contributed by atoms with Gasteiger partial charge in [0.25, 0.3) is 0 Å². The van der Waals surface area contributed by atoms with Crippen molar-refractivity contribution in [1.82, 2.24) is 15.1 Å². The number of amidine groups is 1. The molecule has 126 valence electrons. The van der Waals surface area contributed by atoms with Crippen molar-refractivity contribution in [1.29, 1.82) is 0 Å². The van der Waals surface area contributed by atoms with Gasteiger partial charge in [-0.15, -0.1) is 10.1 Å². The van der Waals surface area contributed by atoms with Crippen LogP contribution in [-0.4, -0.2) is 53.5 Å². The molecule has 0 N–H and O–H groups in total. The summed E-state index contributed by atoms with van der Waals surface area (Å²) < 4.78 is 84.2. The number of hydrogen-bond donors (Lipinski definition) is 0. The third kappa shape index (κ3) is 2.75. The Balaban J connectivity index is 2.67. The first kappa shape index (κ1) is 16.8. The highest BCUT2D eigenvalue weighted by molar-refractivity contribution is 5.83. The predicted octanol–water partition coefficient (Wildman–Crippen LogP) is 1.42. The Bertz CT molecular complexity index is 785. The molecule has 0 radical (unpaired) electrons. The van der Waals surface area contributed by atoms with E-state index in [0.29, 0.717) is 4.79 Å². The zero-order valence-corrected chi connectivity index (χ0v) is 12.0. The van der Waals surface area contributed by atoms with E-state index in [2.05, 4.69) is 15.0 Å². The first-order chi connectivity index (χ1) is 10.7. The average molecular weight is 342 g/mol. The number of aromatic nitrogens is 3. The molecule has 0 saturated carbocycles. The third-order valence-corrected chi connectivity index (χ3v) is 2.79. The molecule has 0 bridgehead atoms. The van der Waals surface area contributed by atoms with Crippen LogP contribution in [0.5, 0.6) is 0 Å². The van der Waals surface area contributed by atoms with Gasteiger partial charge in [0.05, 0.1) is 14.1 Å². The molecule has 0 unspecified atom stereocenters. The van der Waals surface area contributed by atoms with Crippen LogP contribution in [0.2, 0.25) is 0 Å². The quantitative estimate of drug-likeness (QED) is 0.207. The second-order valence-corrected chi connectivity index (χ2v) is 4.51. The number of hydrogen-bond acceptors (Lipinski definition) is 3. The smallest absolute Gasteiger partial charge is 0.366 e. The summed E-state index contributed by atoms with van der Waals surface area (Å²) >= 11 is 0. The molecule has 0 amide bonds. The van der Waals surface area contributed by atoms with Gasteiger partial charge in [-0.1, -0.05) is 4.79 Å². The lowest BCUT2D eigenvalue weighted by Gasteiger charge is -2.14. The third-order valence-electron chi connectivity index (χ3n) is 2.79. The second-order valence-electron chi connectivity index (χ2n) is 4.51. The minimum Gasteiger partial charge on any atom is -0.366 e. The highest BCUT2D eigenvalue weighted by atomic mass is 19.3. The zero-order chi connectivity index (χ0) is 17.5. The van der Waals surface area contributed by atoms with Gasteiger partial charge in [0.1, 0.15) is 7.05 Å². The molecular weight excluding hydrogens is 332 g/mol. The van der Waals surface area contributed by atoms with Crippen LogP contribution < -0.4 is 5.01 Å². The minimum atomic E-state index is -3.22. The Morgan fingerprint density at radius 1 is 1.09 bits per heavy atom. The molecule has 0 aliphatic heterocycles. The fourth-order valence-electron chi connectivity index (χ4n) is 1.86. The van der Waals surface area contributed by atoms with Crippen LogP contribution in [0.15, 0.2) is 0 Å². The van der Waals surface area contributed by atoms with E-state index in [4.69, 9.17) is 0 Å². The number of nitrogens with zero attached hydrogens (tertiary/aromatic N) is 5. The molecule has 1 aromatic carbocycles. The van der Waals surface area contributed by atoms with Crippen LogP contribution in [0, 0.1) is 23.3 Å². The normalized spacial score (nSPS) is 11.2. The summed E-state index contributed by atoms with van der Waals surface area (Å²) in [5.41, 5.74) is -1.77. The Morgan fingerprint density at radius 3 is 2.17 bits per heavy atom. The Kier molecular flexibility index (Phi) is 4.34. The maximum Gasteiger partial charge on any atom is 0.476 e. The number of rotatable bonds is 2. The van der Waals surface area contributed by atoms with E-state index in [0.717, 1.165) is 16.6 Å². The number of halogens is 6. The molecule has 2 aromatic rings. The van der Waals surface area contributed by atoms with E-state index in [9.17, 15) is 26.3 Å². The maximum absolute atomic E-state index is 13.9. The number of fused-ring (bicyclic) bond motifs is 1. The fraction of sp³-hybridized carbons (Fsp3) is 0.364. The van der Waals surface area contributed by atoms with Gasteiger partial charge in [-0.25, -0.2) is 22.1 Å². The molecule has 1 heterocycles. The highest BCUT2D eigenvalue weighted by Crippen LogP contribution is 2.25. The SMILES string of the molecule is CN(C(OC(F)F)=[N+](C)C)n1nnc2c(F)c(F)c(F)c(F)c21. The molecule has 0 atom stereocenters. The standard InChI is InChI=1S/C11H10F6N5O/c1-20(2)11(23-10(16)17)21(3)22-9-7(15)5(13)4(12)6(14)8(9)18-19-22/h10H,1-3H3/q+1. The summed E-state index contributed by atoms with van der Waals surface area (Å²) in [6.07, 6.45) is 0. The lowest BCUT2D eigenvalue weighted by atomic mass is 10.2. The molecule has 1 aromatic heterocycles. The molecule has 0 aliphatic rings. The summed E-state index contributed by atoms with van der Waals surface area (Å²) in [6.45, 7) is -3.22. The topological polar surface area (TPSA) is 46.2 Å². The molecule has 0 saturated heterocycles. The molecule has 0 fully saturated rings. The maximum atomic E-state index is 13.9. The summed E-state index contributed by atoms with van der Waals surface area (Å²) in [5.74, 6) is -7.65. The predicted molar refractivity (Wildman–Crippen MR) is 65.7 cm³/mol. The lowest BCUT2D eigenvalue weighted by molar-refractivity contribution is -0.479. The van der Waals surface area contributed by atoms with Crippen molar-refractivity contribution in [3.05, 3.63) is 23.3 Å². The Morgan fingerprint density at radius 2 is 1.65 bits per heavy atom. The highest BCUT2D eigenvalue weighted by Gasteiger charge is 2.32. The largest absolute Gasteiger partial charge is 0.476 e. The molecule has 6 nitrogen and oxygen atoms in total. The van der Waals surface area contributed by atoms with E-state index in [1.165, 1.54) is 14.1 Å². The van der Waals surface area contributed by atoms with Gasteiger partial charge in [0, 0.05) is 0 Å². The summed E-state index contributed by atoms with van der Waals surface area (Å²) in [7, 11) is 3.75. The number of ether oxygens (including phenoxy) is 1. The molecular formula is C11H10F6N5O+. The van der Waals surface area contributed by atoms with Crippen LogP contribution in [0.1, 0.15) is 0 Å². The van der Waals surface area contributed by atoms with Gasteiger partial charge in [-0.05, 0) is 5.21 Å². The zero-order valence-electron chi connectivity index (χ0n) is 12.0. The summed E-state index contributed by atoms with van der Waals surface area (Å²) in [6, 6.07) is -0.531. The number of alkyl halides is 2. The van der Waals surface area contributed by atoms with Crippen molar-refractivity contribution >= 4 is 17.1 Å². The van der Waals surface area contributed by atoms with Crippen molar-refractivity contribution in [2.45, 2.75) is 6.61 Å². The van der Waals surface area contributed by atoms with Gasteiger partial charge in [-0.2, -0.15) is 8.78 Å². The van der Waals surface area contributed by atoms with Crippen molar-refractivity contribution in [3.63, 3.8) is 0 Å². The molecule has 23 heavy (non-hydrogen) atoms. The molecule has 0 spiro atoms. The van der Waals surface area contributed by atoms with E-state index in [1.807, 2.05) is 0 Å². The van der Waals surface area contributed by atoms with E-state index in [1.54, 1.807) is 0 Å².